The molecule has 1 atom stereocenters. The first-order chi connectivity index (χ1) is 10.1. The van der Waals surface area contributed by atoms with Crippen LogP contribution in [-0.4, -0.2) is 55.8 Å². The molecule has 0 bridgehead atoms. The molecule has 0 aliphatic carbocycles. The van der Waals surface area contributed by atoms with Gasteiger partial charge in [-0.25, -0.2) is 9.78 Å². The number of nitrogens with zero attached hydrogens (tertiary/aromatic N) is 3. The molecule has 1 fully saturated rings. The van der Waals surface area contributed by atoms with Crippen molar-refractivity contribution in [1.82, 2.24) is 15.2 Å². The lowest BCUT2D eigenvalue weighted by Crippen LogP contribution is -2.49. The Morgan fingerprint density at radius 2 is 2.38 bits per heavy atom. The summed E-state index contributed by atoms with van der Waals surface area (Å²) in [5.74, 6) is 0.888. The largest absolute Gasteiger partial charge is 0.375 e. The molecule has 1 saturated heterocycles. The highest BCUT2D eigenvalue weighted by Gasteiger charge is 2.22. The quantitative estimate of drug-likeness (QED) is 0.913. The first kappa shape index (κ1) is 15.6. The van der Waals surface area contributed by atoms with Gasteiger partial charge in [-0.05, 0) is 24.1 Å². The standard InChI is InChI=1S/C15H24N4O2/c1-4-13-11-19(7-8-21-13)15(20)17-10-12-5-6-16-14(9-12)18(2)3/h5-6,9,13H,4,7-8,10-11H2,1-3H3,(H,17,20)/t13-/m1/s1. The summed E-state index contributed by atoms with van der Waals surface area (Å²) in [4.78, 5) is 20.2. The van der Waals surface area contributed by atoms with E-state index in [2.05, 4.69) is 17.2 Å². The van der Waals surface area contributed by atoms with Crippen LogP contribution in [0.3, 0.4) is 0 Å². The Balaban J connectivity index is 1.87. The first-order valence-electron chi connectivity index (χ1n) is 7.36. The van der Waals surface area contributed by atoms with E-state index in [-0.39, 0.29) is 12.1 Å². The molecule has 0 spiro atoms. The maximum absolute atomic E-state index is 12.2. The number of aromatic nitrogens is 1. The lowest BCUT2D eigenvalue weighted by Gasteiger charge is -2.32. The van der Waals surface area contributed by atoms with Crippen molar-refractivity contribution in [3.63, 3.8) is 0 Å². The predicted molar refractivity (Wildman–Crippen MR) is 82.4 cm³/mol. The Hall–Kier alpha value is -1.82. The van der Waals surface area contributed by atoms with Gasteiger partial charge in [0, 0.05) is 39.9 Å². The van der Waals surface area contributed by atoms with Gasteiger partial charge in [0.05, 0.1) is 12.7 Å². The predicted octanol–water partition coefficient (Wildman–Crippen LogP) is 1.47. The molecule has 1 aliphatic rings. The van der Waals surface area contributed by atoms with E-state index < -0.39 is 0 Å². The third-order valence-corrected chi connectivity index (χ3v) is 3.59. The van der Waals surface area contributed by atoms with Gasteiger partial charge in [0.1, 0.15) is 5.82 Å². The monoisotopic (exact) mass is 292 g/mol. The minimum absolute atomic E-state index is 0.0278. The highest BCUT2D eigenvalue weighted by molar-refractivity contribution is 5.74. The highest BCUT2D eigenvalue weighted by atomic mass is 16.5. The number of morpholine rings is 1. The van der Waals surface area contributed by atoms with Crippen molar-refractivity contribution in [1.29, 1.82) is 0 Å². The molecule has 6 heteroatoms. The molecule has 1 aromatic heterocycles. The molecule has 0 aromatic carbocycles. The van der Waals surface area contributed by atoms with Crippen LogP contribution in [0.25, 0.3) is 0 Å². The lowest BCUT2D eigenvalue weighted by atomic mass is 10.2. The van der Waals surface area contributed by atoms with Crippen LogP contribution in [0.4, 0.5) is 10.6 Å². The molecule has 1 N–H and O–H groups in total. The van der Waals surface area contributed by atoms with E-state index >= 15 is 0 Å². The summed E-state index contributed by atoms with van der Waals surface area (Å²) in [6.45, 7) is 4.53. The number of urea groups is 1. The van der Waals surface area contributed by atoms with Gasteiger partial charge in [-0.1, -0.05) is 6.92 Å². The van der Waals surface area contributed by atoms with Crippen LogP contribution in [-0.2, 0) is 11.3 Å². The average molecular weight is 292 g/mol. The Bertz CT molecular complexity index is 478. The number of carbonyl (C=O) groups excluding carboxylic acids is 1. The van der Waals surface area contributed by atoms with E-state index in [4.69, 9.17) is 4.74 Å². The minimum atomic E-state index is -0.0278. The van der Waals surface area contributed by atoms with E-state index in [0.29, 0.717) is 26.2 Å². The fraction of sp³-hybridized carbons (Fsp3) is 0.600. The summed E-state index contributed by atoms with van der Waals surface area (Å²) >= 11 is 0. The van der Waals surface area contributed by atoms with Gasteiger partial charge in [0.15, 0.2) is 0 Å². The molecule has 6 nitrogen and oxygen atoms in total. The summed E-state index contributed by atoms with van der Waals surface area (Å²) in [5, 5.41) is 2.96. The Morgan fingerprint density at radius 1 is 1.57 bits per heavy atom. The van der Waals surface area contributed by atoms with Crippen LogP contribution < -0.4 is 10.2 Å². The molecule has 21 heavy (non-hydrogen) atoms. The SMILES string of the molecule is CC[C@@H]1CN(C(=O)NCc2ccnc(N(C)C)c2)CCO1. The van der Waals surface area contributed by atoms with Gasteiger partial charge in [0.25, 0.3) is 0 Å². The lowest BCUT2D eigenvalue weighted by molar-refractivity contribution is -0.0154. The first-order valence-corrected chi connectivity index (χ1v) is 7.36. The van der Waals surface area contributed by atoms with Crippen molar-refractivity contribution in [2.45, 2.75) is 26.0 Å². The number of pyridine rings is 1. The number of rotatable bonds is 4. The molecule has 0 radical (unpaired) electrons. The number of hydrogen-bond acceptors (Lipinski definition) is 4. The second kappa shape index (κ2) is 7.26. The summed E-state index contributed by atoms with van der Waals surface area (Å²) in [6.07, 6.45) is 2.85. The Labute approximate surface area is 126 Å². The number of hydrogen-bond donors (Lipinski definition) is 1. The fourth-order valence-corrected chi connectivity index (χ4v) is 2.26. The smallest absolute Gasteiger partial charge is 0.317 e. The second-order valence-corrected chi connectivity index (χ2v) is 5.42. The van der Waals surface area contributed by atoms with Crippen molar-refractivity contribution in [3.05, 3.63) is 23.9 Å². The number of ether oxygens (including phenoxy) is 1. The number of carbonyl (C=O) groups is 1. The third-order valence-electron chi connectivity index (χ3n) is 3.59. The zero-order valence-corrected chi connectivity index (χ0v) is 13.0. The molecule has 0 unspecified atom stereocenters. The number of nitrogens with one attached hydrogen (secondary N) is 1. The van der Waals surface area contributed by atoms with Crippen molar-refractivity contribution >= 4 is 11.8 Å². The molecule has 2 amide bonds. The van der Waals surface area contributed by atoms with Crippen molar-refractivity contribution in [3.8, 4) is 0 Å². The van der Waals surface area contributed by atoms with E-state index in [1.54, 1.807) is 6.20 Å². The molecular formula is C15H24N4O2. The van der Waals surface area contributed by atoms with Crippen molar-refractivity contribution < 1.29 is 9.53 Å². The van der Waals surface area contributed by atoms with Gasteiger partial charge >= 0.3 is 6.03 Å². The highest BCUT2D eigenvalue weighted by Crippen LogP contribution is 2.11. The van der Waals surface area contributed by atoms with Crippen molar-refractivity contribution in [2.75, 3.05) is 38.7 Å². The normalized spacial score (nSPS) is 18.4. The Kier molecular flexibility index (Phi) is 5.38. The van der Waals surface area contributed by atoms with Crippen LogP contribution in [0.1, 0.15) is 18.9 Å². The zero-order chi connectivity index (χ0) is 15.2. The third kappa shape index (κ3) is 4.32. The van der Waals surface area contributed by atoms with E-state index in [0.717, 1.165) is 17.8 Å². The van der Waals surface area contributed by atoms with Crippen LogP contribution in [0.15, 0.2) is 18.3 Å². The van der Waals surface area contributed by atoms with Crippen LogP contribution in [0.5, 0.6) is 0 Å². The van der Waals surface area contributed by atoms with Gasteiger partial charge in [-0.3, -0.25) is 0 Å². The van der Waals surface area contributed by atoms with Crippen LogP contribution in [0, 0.1) is 0 Å². The maximum Gasteiger partial charge on any atom is 0.317 e. The zero-order valence-electron chi connectivity index (χ0n) is 13.0. The number of amides is 2. The summed E-state index contributed by atoms with van der Waals surface area (Å²) < 4.78 is 5.58. The molecule has 2 rings (SSSR count). The van der Waals surface area contributed by atoms with E-state index in [1.165, 1.54) is 0 Å². The summed E-state index contributed by atoms with van der Waals surface area (Å²) in [5.41, 5.74) is 1.04. The van der Waals surface area contributed by atoms with Gasteiger partial charge < -0.3 is 19.9 Å². The van der Waals surface area contributed by atoms with Crippen molar-refractivity contribution in [2.24, 2.45) is 0 Å². The van der Waals surface area contributed by atoms with Gasteiger partial charge in [-0.15, -0.1) is 0 Å². The molecule has 0 saturated carbocycles. The van der Waals surface area contributed by atoms with E-state index in [1.807, 2.05) is 36.0 Å². The molecular weight excluding hydrogens is 268 g/mol. The van der Waals surface area contributed by atoms with Gasteiger partial charge in [0.2, 0.25) is 0 Å². The van der Waals surface area contributed by atoms with E-state index in [9.17, 15) is 4.79 Å². The van der Waals surface area contributed by atoms with Crippen LogP contribution in [0.2, 0.25) is 0 Å². The topological polar surface area (TPSA) is 57.7 Å². The summed E-state index contributed by atoms with van der Waals surface area (Å²) in [6, 6.07) is 3.87. The summed E-state index contributed by atoms with van der Waals surface area (Å²) in [7, 11) is 3.90. The Morgan fingerprint density at radius 3 is 3.10 bits per heavy atom. The fourth-order valence-electron chi connectivity index (χ4n) is 2.26. The maximum atomic E-state index is 12.2. The van der Waals surface area contributed by atoms with Crippen LogP contribution >= 0.6 is 0 Å². The molecule has 116 valence electrons. The van der Waals surface area contributed by atoms with Gasteiger partial charge in [-0.2, -0.15) is 0 Å². The molecule has 1 aliphatic heterocycles. The molecule has 2 heterocycles. The number of anilines is 1. The molecule has 1 aromatic rings. The minimum Gasteiger partial charge on any atom is -0.375 e. The average Bonchev–Trinajstić information content (AvgIpc) is 2.53. The second-order valence-electron chi connectivity index (χ2n) is 5.42.